The number of hydrogen-bond donors (Lipinski definition) is 1. The SMILES string of the molecule is CC1CC(NS(=O)(=O)c2ccccc2C#N)CCN1C. The maximum absolute atomic E-state index is 12.4. The van der Waals surface area contributed by atoms with Crippen molar-refractivity contribution < 1.29 is 8.42 Å². The third-order valence-corrected chi connectivity index (χ3v) is 5.41. The Labute approximate surface area is 120 Å². The van der Waals surface area contributed by atoms with E-state index in [4.69, 9.17) is 5.26 Å². The van der Waals surface area contributed by atoms with E-state index in [0.717, 1.165) is 19.4 Å². The Morgan fingerprint density at radius 3 is 2.75 bits per heavy atom. The van der Waals surface area contributed by atoms with Crippen molar-refractivity contribution in [1.29, 1.82) is 5.26 Å². The van der Waals surface area contributed by atoms with Crippen LogP contribution in [0, 0.1) is 11.3 Å². The number of benzene rings is 1. The Morgan fingerprint density at radius 2 is 2.10 bits per heavy atom. The number of hydrogen-bond acceptors (Lipinski definition) is 4. The summed E-state index contributed by atoms with van der Waals surface area (Å²) >= 11 is 0. The highest BCUT2D eigenvalue weighted by Crippen LogP contribution is 2.19. The second-order valence-corrected chi connectivity index (χ2v) is 6.96. The molecular formula is C14H19N3O2S. The predicted molar refractivity (Wildman–Crippen MR) is 76.6 cm³/mol. The summed E-state index contributed by atoms with van der Waals surface area (Å²) in [6, 6.07) is 8.49. The van der Waals surface area contributed by atoms with Crippen LogP contribution in [-0.2, 0) is 10.0 Å². The normalized spacial score (nSPS) is 24.2. The van der Waals surface area contributed by atoms with Crippen LogP contribution < -0.4 is 4.72 Å². The largest absolute Gasteiger partial charge is 0.304 e. The molecule has 0 bridgehead atoms. The zero-order valence-electron chi connectivity index (χ0n) is 11.7. The molecule has 2 unspecified atom stereocenters. The van der Waals surface area contributed by atoms with Crippen LogP contribution in [0.1, 0.15) is 25.3 Å². The van der Waals surface area contributed by atoms with Gasteiger partial charge in [0.2, 0.25) is 10.0 Å². The molecule has 6 heteroatoms. The first-order chi connectivity index (χ1) is 9.44. The van der Waals surface area contributed by atoms with Gasteiger partial charge in [0.25, 0.3) is 0 Å². The van der Waals surface area contributed by atoms with Crippen molar-refractivity contribution in [1.82, 2.24) is 9.62 Å². The third kappa shape index (κ3) is 3.18. The molecule has 0 radical (unpaired) electrons. The lowest BCUT2D eigenvalue weighted by molar-refractivity contribution is 0.178. The van der Waals surface area contributed by atoms with Crippen LogP contribution in [0.5, 0.6) is 0 Å². The van der Waals surface area contributed by atoms with Crippen molar-refractivity contribution in [2.24, 2.45) is 0 Å². The molecule has 5 nitrogen and oxygen atoms in total. The highest BCUT2D eigenvalue weighted by atomic mass is 32.2. The number of likely N-dealkylation sites (tertiary alicyclic amines) is 1. The average Bonchev–Trinajstić information content (AvgIpc) is 2.42. The van der Waals surface area contributed by atoms with E-state index in [2.05, 4.69) is 16.5 Å². The molecule has 108 valence electrons. The first kappa shape index (κ1) is 15.0. The second-order valence-electron chi connectivity index (χ2n) is 5.28. The summed E-state index contributed by atoms with van der Waals surface area (Å²) in [5.41, 5.74) is 0.181. The van der Waals surface area contributed by atoms with Crippen LogP contribution >= 0.6 is 0 Å². The monoisotopic (exact) mass is 293 g/mol. The number of sulfonamides is 1. The van der Waals surface area contributed by atoms with Crippen LogP contribution in [0.4, 0.5) is 0 Å². The van der Waals surface area contributed by atoms with Gasteiger partial charge >= 0.3 is 0 Å². The summed E-state index contributed by atoms with van der Waals surface area (Å²) in [6.45, 7) is 2.96. The lowest BCUT2D eigenvalue weighted by Gasteiger charge is -2.35. The number of rotatable bonds is 3. The maximum Gasteiger partial charge on any atom is 0.242 e. The fourth-order valence-corrected chi connectivity index (χ4v) is 3.91. The molecule has 1 aliphatic heterocycles. The van der Waals surface area contributed by atoms with Crippen LogP contribution in [0.15, 0.2) is 29.2 Å². The van der Waals surface area contributed by atoms with E-state index in [0.29, 0.717) is 6.04 Å². The standard InChI is InChI=1S/C14H19N3O2S/c1-11-9-13(7-8-17(11)2)16-20(18,19)14-6-4-3-5-12(14)10-15/h3-6,11,13,16H,7-9H2,1-2H3. The van der Waals surface area contributed by atoms with E-state index in [1.54, 1.807) is 12.1 Å². The topological polar surface area (TPSA) is 73.2 Å². The summed E-state index contributed by atoms with van der Waals surface area (Å²) in [6.07, 6.45) is 1.57. The van der Waals surface area contributed by atoms with Gasteiger partial charge in [-0.3, -0.25) is 0 Å². The van der Waals surface area contributed by atoms with Crippen molar-refractivity contribution in [3.63, 3.8) is 0 Å². The Morgan fingerprint density at radius 1 is 1.40 bits per heavy atom. The van der Waals surface area contributed by atoms with Gasteiger partial charge in [-0.15, -0.1) is 0 Å². The Balaban J connectivity index is 2.18. The van der Waals surface area contributed by atoms with Crippen LogP contribution in [0.3, 0.4) is 0 Å². The van der Waals surface area contributed by atoms with Crippen LogP contribution in [0.25, 0.3) is 0 Å². The van der Waals surface area contributed by atoms with Gasteiger partial charge in [-0.05, 0) is 45.5 Å². The number of piperidine rings is 1. The maximum atomic E-state index is 12.4. The summed E-state index contributed by atoms with van der Waals surface area (Å²) in [4.78, 5) is 2.28. The third-order valence-electron chi connectivity index (χ3n) is 3.83. The Bertz CT molecular complexity index is 622. The molecule has 1 aromatic rings. The molecule has 20 heavy (non-hydrogen) atoms. The van der Waals surface area contributed by atoms with Crippen molar-refractivity contribution in [3.8, 4) is 6.07 Å². The van der Waals surface area contributed by atoms with Crippen molar-refractivity contribution in [2.75, 3.05) is 13.6 Å². The van der Waals surface area contributed by atoms with E-state index in [1.165, 1.54) is 12.1 Å². The molecule has 1 N–H and O–H groups in total. The zero-order valence-corrected chi connectivity index (χ0v) is 12.5. The Hall–Kier alpha value is -1.42. The first-order valence-corrected chi connectivity index (χ1v) is 8.14. The molecule has 0 spiro atoms. The highest BCUT2D eigenvalue weighted by Gasteiger charge is 2.28. The van der Waals surface area contributed by atoms with Gasteiger partial charge < -0.3 is 4.90 Å². The fraction of sp³-hybridized carbons (Fsp3) is 0.500. The quantitative estimate of drug-likeness (QED) is 0.912. The molecule has 2 atom stereocenters. The molecule has 1 fully saturated rings. The van der Waals surface area contributed by atoms with Crippen LogP contribution in [0.2, 0.25) is 0 Å². The van der Waals surface area contributed by atoms with Gasteiger partial charge in [0.15, 0.2) is 0 Å². The van der Waals surface area contributed by atoms with Crippen LogP contribution in [-0.4, -0.2) is 39.0 Å². The molecule has 1 aromatic carbocycles. The summed E-state index contributed by atoms with van der Waals surface area (Å²) < 4.78 is 27.5. The zero-order chi connectivity index (χ0) is 14.8. The minimum absolute atomic E-state index is 0.0640. The van der Waals surface area contributed by atoms with Gasteiger partial charge in [-0.1, -0.05) is 12.1 Å². The second kappa shape index (κ2) is 5.92. The van der Waals surface area contributed by atoms with Crippen molar-refractivity contribution in [3.05, 3.63) is 29.8 Å². The minimum atomic E-state index is -3.63. The molecule has 0 saturated carbocycles. The van der Waals surface area contributed by atoms with Gasteiger partial charge in [0.1, 0.15) is 6.07 Å². The predicted octanol–water partition coefficient (Wildman–Crippen LogP) is 1.32. The molecule has 0 aliphatic carbocycles. The van der Waals surface area contributed by atoms with E-state index in [1.807, 2.05) is 13.1 Å². The van der Waals surface area contributed by atoms with E-state index >= 15 is 0 Å². The van der Waals surface area contributed by atoms with Gasteiger partial charge in [0, 0.05) is 12.1 Å². The summed E-state index contributed by atoms with van der Waals surface area (Å²) in [7, 11) is -1.59. The molecule has 0 amide bonds. The summed E-state index contributed by atoms with van der Waals surface area (Å²) in [5, 5.41) is 9.02. The molecular weight excluding hydrogens is 274 g/mol. The minimum Gasteiger partial charge on any atom is -0.304 e. The Kier molecular flexibility index (Phi) is 4.43. The van der Waals surface area contributed by atoms with Crippen molar-refractivity contribution in [2.45, 2.75) is 36.7 Å². The lowest BCUT2D eigenvalue weighted by Crippen LogP contribution is -2.47. The van der Waals surface area contributed by atoms with E-state index in [-0.39, 0.29) is 16.5 Å². The number of nitriles is 1. The van der Waals surface area contributed by atoms with Gasteiger partial charge in [-0.25, -0.2) is 13.1 Å². The van der Waals surface area contributed by atoms with Gasteiger partial charge in [0.05, 0.1) is 10.5 Å². The molecule has 1 saturated heterocycles. The highest BCUT2D eigenvalue weighted by molar-refractivity contribution is 7.89. The summed E-state index contributed by atoms with van der Waals surface area (Å²) in [5.74, 6) is 0. The first-order valence-electron chi connectivity index (χ1n) is 6.65. The molecule has 1 aliphatic rings. The average molecular weight is 293 g/mol. The van der Waals surface area contributed by atoms with Gasteiger partial charge in [-0.2, -0.15) is 5.26 Å². The fourth-order valence-electron chi connectivity index (χ4n) is 2.47. The molecule has 2 rings (SSSR count). The molecule has 0 aromatic heterocycles. The smallest absolute Gasteiger partial charge is 0.242 e. The number of nitrogens with one attached hydrogen (secondary N) is 1. The van der Waals surface area contributed by atoms with Crippen molar-refractivity contribution >= 4 is 10.0 Å². The van der Waals surface area contributed by atoms with E-state index in [9.17, 15) is 8.42 Å². The van der Waals surface area contributed by atoms with E-state index < -0.39 is 10.0 Å². The number of nitrogens with zero attached hydrogens (tertiary/aromatic N) is 2. The lowest BCUT2D eigenvalue weighted by atomic mass is 10.0. The molecule has 1 heterocycles.